The molecule has 0 aromatic heterocycles. The molecule has 5 rings (SSSR count). The van der Waals surface area contributed by atoms with E-state index in [-0.39, 0.29) is 11.8 Å². The number of thioether (sulfide) groups is 1. The SMILES string of the molecule is CSc1ccccc1C(=O)Nc1ccc(C(=O)N2c3ccccc3CNc3ccccc32)cc1. The summed E-state index contributed by atoms with van der Waals surface area (Å²) in [6.07, 6.45) is 1.95. The van der Waals surface area contributed by atoms with Gasteiger partial charge < -0.3 is 10.6 Å². The van der Waals surface area contributed by atoms with Gasteiger partial charge in [0.15, 0.2) is 0 Å². The standard InChI is InChI=1S/C28H23N3O2S/c1-34-26-13-7-3-9-22(26)27(32)30-21-16-14-19(15-17-21)28(33)31-24-11-5-2-8-20(24)18-29-23-10-4-6-12-25(23)31/h2-17,29H,18H2,1H3,(H,30,32). The monoisotopic (exact) mass is 465 g/mol. The normalized spacial score (nSPS) is 12.1. The molecule has 34 heavy (non-hydrogen) atoms. The number of nitrogens with one attached hydrogen (secondary N) is 2. The Morgan fingerprint density at radius 3 is 2.29 bits per heavy atom. The van der Waals surface area contributed by atoms with Crippen molar-refractivity contribution in [2.45, 2.75) is 11.4 Å². The van der Waals surface area contributed by atoms with Crippen molar-refractivity contribution in [3.05, 3.63) is 114 Å². The van der Waals surface area contributed by atoms with Gasteiger partial charge in [0, 0.05) is 22.7 Å². The van der Waals surface area contributed by atoms with E-state index in [0.29, 0.717) is 23.4 Å². The lowest BCUT2D eigenvalue weighted by Crippen LogP contribution is -2.26. The second-order valence-electron chi connectivity index (χ2n) is 7.87. The number of benzene rings is 4. The summed E-state index contributed by atoms with van der Waals surface area (Å²) in [6, 6.07) is 30.3. The Hall–Kier alpha value is -4.03. The number of hydrogen-bond donors (Lipinski definition) is 2. The third-order valence-corrected chi connectivity index (χ3v) is 6.59. The summed E-state index contributed by atoms with van der Waals surface area (Å²) in [6.45, 7) is 0.638. The summed E-state index contributed by atoms with van der Waals surface area (Å²) < 4.78 is 0. The number of carbonyl (C=O) groups excluding carboxylic acids is 2. The minimum atomic E-state index is -0.175. The largest absolute Gasteiger partial charge is 0.379 e. The van der Waals surface area contributed by atoms with Gasteiger partial charge in [0.2, 0.25) is 0 Å². The van der Waals surface area contributed by atoms with Crippen LogP contribution in [0, 0.1) is 0 Å². The zero-order chi connectivity index (χ0) is 23.5. The third-order valence-electron chi connectivity index (χ3n) is 5.79. The van der Waals surface area contributed by atoms with Crippen LogP contribution in [0.4, 0.5) is 22.7 Å². The molecule has 1 aliphatic heterocycles. The maximum Gasteiger partial charge on any atom is 0.262 e. The molecule has 6 heteroatoms. The maximum absolute atomic E-state index is 13.7. The van der Waals surface area contributed by atoms with Crippen LogP contribution in [-0.4, -0.2) is 18.1 Å². The number of nitrogens with zero attached hydrogens (tertiary/aromatic N) is 1. The average Bonchev–Trinajstić information content (AvgIpc) is 3.05. The summed E-state index contributed by atoms with van der Waals surface area (Å²) in [5.74, 6) is -0.306. The van der Waals surface area contributed by atoms with Crippen LogP contribution in [0.1, 0.15) is 26.3 Å². The van der Waals surface area contributed by atoms with Gasteiger partial charge >= 0.3 is 0 Å². The molecule has 4 aromatic rings. The summed E-state index contributed by atoms with van der Waals surface area (Å²) in [4.78, 5) is 29.2. The summed E-state index contributed by atoms with van der Waals surface area (Å²) in [5, 5.41) is 6.36. The van der Waals surface area contributed by atoms with Gasteiger partial charge in [0.1, 0.15) is 0 Å². The van der Waals surface area contributed by atoms with E-state index in [1.165, 1.54) is 11.8 Å². The number of hydrogen-bond acceptors (Lipinski definition) is 4. The lowest BCUT2D eigenvalue weighted by Gasteiger charge is -2.24. The Bertz CT molecular complexity index is 1320. The van der Waals surface area contributed by atoms with Crippen molar-refractivity contribution < 1.29 is 9.59 Å². The van der Waals surface area contributed by atoms with Crippen molar-refractivity contribution in [3.8, 4) is 0 Å². The number of fused-ring (bicyclic) bond motifs is 2. The van der Waals surface area contributed by atoms with Gasteiger partial charge in [-0.2, -0.15) is 0 Å². The Morgan fingerprint density at radius 1 is 0.824 bits per heavy atom. The first-order chi connectivity index (χ1) is 16.7. The molecule has 0 saturated heterocycles. The molecule has 4 aromatic carbocycles. The molecule has 0 spiro atoms. The van der Waals surface area contributed by atoms with Crippen LogP contribution in [0.15, 0.2) is 102 Å². The number of amides is 2. The Morgan fingerprint density at radius 2 is 1.50 bits per heavy atom. The Balaban J connectivity index is 1.43. The highest BCUT2D eigenvalue weighted by Gasteiger charge is 2.26. The van der Waals surface area contributed by atoms with E-state index in [2.05, 4.69) is 10.6 Å². The molecule has 0 saturated carbocycles. The van der Waals surface area contributed by atoms with Crippen molar-refractivity contribution in [3.63, 3.8) is 0 Å². The molecule has 168 valence electrons. The summed E-state index contributed by atoms with van der Waals surface area (Å²) in [7, 11) is 0. The first-order valence-corrected chi connectivity index (χ1v) is 12.2. The van der Waals surface area contributed by atoms with Gasteiger partial charge in [-0.15, -0.1) is 11.8 Å². The molecular weight excluding hydrogens is 442 g/mol. The fraction of sp³-hybridized carbons (Fsp3) is 0.0714. The minimum Gasteiger partial charge on any atom is -0.379 e. The van der Waals surface area contributed by atoms with Gasteiger partial charge in [0.05, 0.1) is 22.6 Å². The fourth-order valence-electron chi connectivity index (χ4n) is 4.09. The van der Waals surface area contributed by atoms with Crippen molar-refractivity contribution in [1.29, 1.82) is 0 Å². The van der Waals surface area contributed by atoms with Crippen LogP contribution in [0.25, 0.3) is 0 Å². The van der Waals surface area contributed by atoms with E-state index < -0.39 is 0 Å². The van der Waals surface area contributed by atoms with Gasteiger partial charge in [0.25, 0.3) is 11.8 Å². The molecule has 1 heterocycles. The molecule has 5 nitrogen and oxygen atoms in total. The topological polar surface area (TPSA) is 61.4 Å². The Kier molecular flexibility index (Phi) is 6.06. The highest BCUT2D eigenvalue weighted by atomic mass is 32.2. The summed E-state index contributed by atoms with van der Waals surface area (Å²) >= 11 is 1.53. The van der Waals surface area contributed by atoms with Crippen molar-refractivity contribution in [2.24, 2.45) is 0 Å². The van der Waals surface area contributed by atoms with E-state index in [4.69, 9.17) is 0 Å². The molecule has 0 bridgehead atoms. The molecule has 2 amide bonds. The number of para-hydroxylation sites is 3. The zero-order valence-corrected chi connectivity index (χ0v) is 19.4. The van der Waals surface area contributed by atoms with Crippen LogP contribution in [0.2, 0.25) is 0 Å². The highest BCUT2D eigenvalue weighted by molar-refractivity contribution is 7.98. The van der Waals surface area contributed by atoms with Crippen LogP contribution < -0.4 is 15.5 Å². The van der Waals surface area contributed by atoms with E-state index in [0.717, 1.165) is 27.5 Å². The van der Waals surface area contributed by atoms with Gasteiger partial charge in [-0.25, -0.2) is 0 Å². The van der Waals surface area contributed by atoms with Crippen molar-refractivity contribution in [1.82, 2.24) is 0 Å². The predicted molar refractivity (Wildman–Crippen MR) is 139 cm³/mol. The average molecular weight is 466 g/mol. The number of rotatable bonds is 4. The fourth-order valence-corrected chi connectivity index (χ4v) is 4.69. The molecule has 2 N–H and O–H groups in total. The minimum absolute atomic E-state index is 0.130. The number of carbonyl (C=O) groups is 2. The van der Waals surface area contributed by atoms with E-state index in [1.54, 1.807) is 35.2 Å². The summed E-state index contributed by atoms with van der Waals surface area (Å²) in [5.41, 5.74) is 5.41. The van der Waals surface area contributed by atoms with Crippen molar-refractivity contribution >= 4 is 46.3 Å². The molecule has 0 radical (unpaired) electrons. The maximum atomic E-state index is 13.7. The number of anilines is 4. The van der Waals surface area contributed by atoms with E-state index in [1.807, 2.05) is 73.0 Å². The van der Waals surface area contributed by atoms with Gasteiger partial charge in [-0.1, -0.05) is 42.5 Å². The Labute approximate surface area is 202 Å². The molecule has 0 fully saturated rings. The molecular formula is C28H23N3O2S. The van der Waals surface area contributed by atoms with Crippen LogP contribution in [0.3, 0.4) is 0 Å². The van der Waals surface area contributed by atoms with Gasteiger partial charge in [-0.05, 0) is 66.4 Å². The van der Waals surface area contributed by atoms with E-state index in [9.17, 15) is 9.59 Å². The van der Waals surface area contributed by atoms with E-state index >= 15 is 0 Å². The van der Waals surface area contributed by atoms with Crippen LogP contribution >= 0.6 is 11.8 Å². The van der Waals surface area contributed by atoms with Crippen LogP contribution in [-0.2, 0) is 6.54 Å². The second kappa shape index (κ2) is 9.45. The lowest BCUT2D eigenvalue weighted by molar-refractivity contribution is 0.0997. The lowest BCUT2D eigenvalue weighted by atomic mass is 10.1. The predicted octanol–water partition coefficient (Wildman–Crippen LogP) is 6.56. The van der Waals surface area contributed by atoms with Crippen LogP contribution in [0.5, 0.6) is 0 Å². The third kappa shape index (κ3) is 4.16. The molecule has 0 aliphatic carbocycles. The second-order valence-corrected chi connectivity index (χ2v) is 8.72. The highest BCUT2D eigenvalue weighted by Crippen LogP contribution is 2.38. The molecule has 0 atom stereocenters. The zero-order valence-electron chi connectivity index (χ0n) is 18.6. The first kappa shape index (κ1) is 21.8. The van der Waals surface area contributed by atoms with Crippen molar-refractivity contribution in [2.75, 3.05) is 21.8 Å². The molecule has 0 unspecified atom stereocenters. The first-order valence-electron chi connectivity index (χ1n) is 11.0. The van der Waals surface area contributed by atoms with Gasteiger partial charge in [-0.3, -0.25) is 14.5 Å². The smallest absolute Gasteiger partial charge is 0.262 e. The molecule has 1 aliphatic rings. The quantitative estimate of drug-likeness (QED) is 0.335.